The Bertz CT molecular complexity index is 534. The molecule has 0 radical (unpaired) electrons. The highest BCUT2D eigenvalue weighted by Crippen LogP contribution is 2.29. The van der Waals surface area contributed by atoms with E-state index in [-0.39, 0.29) is 10.8 Å². The number of carbonyl (C=O) groups is 1. The first kappa shape index (κ1) is 12.6. The minimum Gasteiger partial charge on any atom is -0.328 e. The largest absolute Gasteiger partial charge is 0.416 e. The third-order valence-corrected chi connectivity index (χ3v) is 2.47. The highest BCUT2D eigenvalue weighted by molar-refractivity contribution is 7.80. The van der Waals surface area contributed by atoms with Crippen molar-refractivity contribution in [3.05, 3.63) is 41.1 Å². The average Bonchev–Trinajstić information content (AvgIpc) is 2.57. The average molecular weight is 272 g/mol. The van der Waals surface area contributed by atoms with Gasteiger partial charge in [0.25, 0.3) is 5.91 Å². The first-order valence-corrected chi connectivity index (χ1v) is 5.28. The lowest BCUT2D eigenvalue weighted by atomic mass is 10.1. The van der Waals surface area contributed by atoms with Crippen molar-refractivity contribution < 1.29 is 18.0 Å². The predicted molar refractivity (Wildman–Crippen MR) is 63.3 cm³/mol. The summed E-state index contributed by atoms with van der Waals surface area (Å²) in [5, 5.41) is 5.14. The van der Waals surface area contributed by atoms with Gasteiger partial charge in [-0.3, -0.25) is 10.1 Å². The number of nitrogens with one attached hydrogen (secondary N) is 2. The van der Waals surface area contributed by atoms with Crippen LogP contribution in [0.5, 0.6) is 0 Å². The molecule has 0 unspecified atom stereocenters. The van der Waals surface area contributed by atoms with Crippen LogP contribution in [0.25, 0.3) is 6.08 Å². The zero-order valence-electron chi connectivity index (χ0n) is 8.84. The van der Waals surface area contributed by atoms with Crippen molar-refractivity contribution in [3.63, 3.8) is 0 Å². The molecule has 0 atom stereocenters. The van der Waals surface area contributed by atoms with E-state index in [1.54, 1.807) is 0 Å². The number of benzene rings is 1. The Morgan fingerprint density at radius 3 is 2.17 bits per heavy atom. The lowest BCUT2D eigenvalue weighted by Gasteiger charge is -2.06. The van der Waals surface area contributed by atoms with E-state index in [2.05, 4.69) is 10.6 Å². The van der Waals surface area contributed by atoms with Crippen LogP contribution in [0.2, 0.25) is 0 Å². The lowest BCUT2D eigenvalue weighted by Crippen LogP contribution is -2.21. The highest BCUT2D eigenvalue weighted by Gasteiger charge is 2.30. The molecule has 18 heavy (non-hydrogen) atoms. The third kappa shape index (κ3) is 2.67. The molecular weight excluding hydrogens is 265 g/mol. The van der Waals surface area contributed by atoms with E-state index in [1.807, 2.05) is 0 Å². The summed E-state index contributed by atoms with van der Waals surface area (Å²) < 4.78 is 37.0. The second-order valence-corrected chi connectivity index (χ2v) is 3.99. The van der Waals surface area contributed by atoms with Crippen molar-refractivity contribution in [3.8, 4) is 0 Å². The number of hydrogen-bond acceptors (Lipinski definition) is 2. The Hall–Kier alpha value is -1.89. The molecule has 1 aliphatic heterocycles. The predicted octanol–water partition coefficient (Wildman–Crippen LogP) is 2.05. The van der Waals surface area contributed by atoms with Crippen LogP contribution in [-0.2, 0) is 11.0 Å². The van der Waals surface area contributed by atoms with Gasteiger partial charge in [-0.05, 0) is 36.0 Å². The second-order valence-electron chi connectivity index (χ2n) is 3.59. The first-order chi connectivity index (χ1) is 8.36. The molecule has 0 spiro atoms. The molecule has 0 saturated carbocycles. The van der Waals surface area contributed by atoms with Gasteiger partial charge in [-0.25, -0.2) is 0 Å². The molecule has 94 valence electrons. The van der Waals surface area contributed by atoms with Crippen LogP contribution in [0.3, 0.4) is 0 Å². The molecule has 2 N–H and O–H groups in total. The number of carbonyl (C=O) groups excluding carboxylic acids is 1. The van der Waals surface area contributed by atoms with Crippen molar-refractivity contribution in [2.75, 3.05) is 0 Å². The van der Waals surface area contributed by atoms with Crippen LogP contribution in [0.15, 0.2) is 30.0 Å². The molecule has 1 amide bonds. The second kappa shape index (κ2) is 4.41. The number of alkyl halides is 3. The van der Waals surface area contributed by atoms with E-state index in [9.17, 15) is 18.0 Å². The van der Waals surface area contributed by atoms with Crippen molar-refractivity contribution in [1.29, 1.82) is 0 Å². The van der Waals surface area contributed by atoms with E-state index in [1.165, 1.54) is 18.2 Å². The van der Waals surface area contributed by atoms with Crippen molar-refractivity contribution >= 4 is 29.3 Å². The number of amides is 1. The van der Waals surface area contributed by atoms with E-state index in [4.69, 9.17) is 12.2 Å². The maximum absolute atomic E-state index is 12.3. The SMILES string of the molecule is O=C1NC(=S)N/C1=C/c1ccc(C(F)(F)F)cc1. The summed E-state index contributed by atoms with van der Waals surface area (Å²) >= 11 is 4.73. The van der Waals surface area contributed by atoms with Crippen LogP contribution < -0.4 is 10.6 Å². The molecule has 0 bridgehead atoms. The first-order valence-electron chi connectivity index (χ1n) is 4.87. The van der Waals surface area contributed by atoms with Crippen LogP contribution in [-0.4, -0.2) is 11.0 Å². The number of rotatable bonds is 1. The molecule has 3 nitrogen and oxygen atoms in total. The van der Waals surface area contributed by atoms with Gasteiger partial charge in [0.1, 0.15) is 5.70 Å². The molecule has 0 aromatic heterocycles. The third-order valence-electron chi connectivity index (χ3n) is 2.27. The zero-order chi connectivity index (χ0) is 13.3. The number of halogens is 3. The van der Waals surface area contributed by atoms with Crippen LogP contribution in [0.4, 0.5) is 13.2 Å². The van der Waals surface area contributed by atoms with Gasteiger partial charge in [0, 0.05) is 0 Å². The van der Waals surface area contributed by atoms with E-state index < -0.39 is 17.6 Å². The summed E-state index contributed by atoms with van der Waals surface area (Å²) in [5.74, 6) is -0.403. The molecule has 7 heteroatoms. The van der Waals surface area contributed by atoms with Crippen LogP contribution in [0, 0.1) is 0 Å². The molecule has 1 aliphatic rings. The summed E-state index contributed by atoms with van der Waals surface area (Å²) in [4.78, 5) is 11.3. The smallest absolute Gasteiger partial charge is 0.328 e. The van der Waals surface area contributed by atoms with Gasteiger partial charge in [0.2, 0.25) is 0 Å². The van der Waals surface area contributed by atoms with Gasteiger partial charge in [0.15, 0.2) is 5.11 Å². The summed E-state index contributed by atoms with van der Waals surface area (Å²) in [6, 6.07) is 4.48. The fourth-order valence-corrected chi connectivity index (χ4v) is 1.62. The topological polar surface area (TPSA) is 41.1 Å². The van der Waals surface area contributed by atoms with Crippen molar-refractivity contribution in [1.82, 2.24) is 10.6 Å². The summed E-state index contributed by atoms with van der Waals surface area (Å²) in [6.45, 7) is 0. The van der Waals surface area contributed by atoms with Crippen LogP contribution in [0.1, 0.15) is 11.1 Å². The monoisotopic (exact) mass is 272 g/mol. The summed E-state index contributed by atoms with van der Waals surface area (Å²) in [7, 11) is 0. The minimum atomic E-state index is -4.36. The van der Waals surface area contributed by atoms with Gasteiger partial charge < -0.3 is 5.32 Å². The quantitative estimate of drug-likeness (QED) is 0.607. The lowest BCUT2D eigenvalue weighted by molar-refractivity contribution is -0.137. The minimum absolute atomic E-state index is 0.179. The van der Waals surface area contributed by atoms with E-state index in [0.29, 0.717) is 5.56 Å². The fraction of sp³-hybridized carbons (Fsp3) is 0.0909. The van der Waals surface area contributed by atoms with Gasteiger partial charge in [0.05, 0.1) is 5.56 Å². The fourth-order valence-electron chi connectivity index (χ4n) is 1.42. The van der Waals surface area contributed by atoms with Gasteiger partial charge in [-0.15, -0.1) is 0 Å². The molecule has 1 heterocycles. The maximum atomic E-state index is 12.3. The Labute approximate surface area is 106 Å². The highest BCUT2D eigenvalue weighted by atomic mass is 32.1. The molecule has 2 rings (SSSR count). The molecule has 1 saturated heterocycles. The Morgan fingerprint density at radius 2 is 1.72 bits per heavy atom. The van der Waals surface area contributed by atoms with Gasteiger partial charge in [-0.1, -0.05) is 12.1 Å². The van der Waals surface area contributed by atoms with E-state index in [0.717, 1.165) is 12.1 Å². The Balaban J connectivity index is 2.24. The molecule has 0 aliphatic carbocycles. The van der Waals surface area contributed by atoms with Gasteiger partial charge in [-0.2, -0.15) is 13.2 Å². The van der Waals surface area contributed by atoms with Crippen molar-refractivity contribution in [2.45, 2.75) is 6.18 Å². The van der Waals surface area contributed by atoms with E-state index >= 15 is 0 Å². The summed E-state index contributed by atoms with van der Waals surface area (Å²) in [5.41, 5.74) is -0.0471. The van der Waals surface area contributed by atoms with Crippen molar-refractivity contribution in [2.24, 2.45) is 0 Å². The van der Waals surface area contributed by atoms with Crippen LogP contribution >= 0.6 is 12.2 Å². The molecule has 1 aromatic carbocycles. The molecule has 1 fully saturated rings. The standard InChI is InChI=1S/C11H7F3N2OS/c12-11(13,14)7-3-1-6(2-4-7)5-8-9(17)16-10(18)15-8/h1-5H,(H2,15,16,17,18)/b8-5+. The number of hydrogen-bond donors (Lipinski definition) is 2. The van der Waals surface area contributed by atoms with Gasteiger partial charge >= 0.3 is 6.18 Å². The normalized spacial score (nSPS) is 17.8. The number of thiocarbonyl (C=S) groups is 1. The Morgan fingerprint density at radius 1 is 1.11 bits per heavy atom. The molecular formula is C11H7F3N2OS. The Kier molecular flexibility index (Phi) is 3.08. The zero-order valence-corrected chi connectivity index (χ0v) is 9.65. The summed E-state index contributed by atoms with van der Waals surface area (Å²) in [6.07, 6.45) is -2.94. The molecule has 1 aromatic rings. The maximum Gasteiger partial charge on any atom is 0.416 e.